The second-order valence-electron chi connectivity index (χ2n) is 7.72. The standard InChI is InChI=1S/C21H24N8O3S/c1-26-8-10-27(11-9-26)21-12-19(5-4-18(21)13-22)29(28-15-24-25-16-28)14-17-2-6-20(7-3-17)32-33(23,30)31/h2-7,12,15-16H,8-11,14H2,1H3,(H2,23,30,31). The summed E-state index contributed by atoms with van der Waals surface area (Å²) >= 11 is 0. The lowest BCUT2D eigenvalue weighted by molar-refractivity contribution is 0.313. The third kappa shape index (κ3) is 5.58. The molecule has 12 heteroatoms. The van der Waals surface area contributed by atoms with Gasteiger partial charge in [0.15, 0.2) is 0 Å². The maximum Gasteiger partial charge on any atom is 0.380 e. The van der Waals surface area contributed by atoms with E-state index in [4.69, 9.17) is 9.32 Å². The molecule has 0 aliphatic carbocycles. The Morgan fingerprint density at radius 3 is 2.36 bits per heavy atom. The molecule has 0 radical (unpaired) electrons. The first-order chi connectivity index (χ1) is 15.8. The largest absolute Gasteiger partial charge is 0.380 e. The molecule has 2 heterocycles. The number of piperazine rings is 1. The molecule has 2 aromatic carbocycles. The Balaban J connectivity index is 1.64. The molecule has 0 spiro atoms. The van der Waals surface area contributed by atoms with Gasteiger partial charge < -0.3 is 14.0 Å². The third-order valence-electron chi connectivity index (χ3n) is 5.40. The lowest BCUT2D eigenvalue weighted by atomic mass is 10.1. The van der Waals surface area contributed by atoms with Crippen LogP contribution in [0.1, 0.15) is 11.1 Å². The highest BCUT2D eigenvalue weighted by atomic mass is 32.2. The molecular weight excluding hydrogens is 444 g/mol. The summed E-state index contributed by atoms with van der Waals surface area (Å²) in [4.78, 5) is 4.49. The van der Waals surface area contributed by atoms with Gasteiger partial charge in [0.2, 0.25) is 0 Å². The molecule has 172 valence electrons. The van der Waals surface area contributed by atoms with Gasteiger partial charge in [-0.1, -0.05) is 12.1 Å². The molecule has 0 unspecified atom stereocenters. The lowest BCUT2D eigenvalue weighted by Crippen LogP contribution is -2.44. The summed E-state index contributed by atoms with van der Waals surface area (Å²) in [5.74, 6) is 0.132. The van der Waals surface area contributed by atoms with Crippen molar-refractivity contribution < 1.29 is 12.6 Å². The van der Waals surface area contributed by atoms with E-state index in [9.17, 15) is 13.7 Å². The van der Waals surface area contributed by atoms with Gasteiger partial charge in [-0.05, 0) is 42.9 Å². The summed E-state index contributed by atoms with van der Waals surface area (Å²) in [6, 6.07) is 14.6. The molecule has 4 rings (SSSR count). The fourth-order valence-electron chi connectivity index (χ4n) is 3.67. The van der Waals surface area contributed by atoms with Gasteiger partial charge in [0, 0.05) is 26.2 Å². The number of likely N-dealkylation sites (N-methyl/N-ethyl adjacent to an activating group) is 1. The maximum absolute atomic E-state index is 11.1. The first kappa shape index (κ1) is 22.5. The zero-order valence-corrected chi connectivity index (χ0v) is 18.9. The molecule has 0 saturated carbocycles. The monoisotopic (exact) mass is 468 g/mol. The number of hydrogen-bond donors (Lipinski definition) is 1. The first-order valence-corrected chi connectivity index (χ1v) is 11.7. The van der Waals surface area contributed by atoms with Crippen LogP contribution in [0.15, 0.2) is 55.1 Å². The van der Waals surface area contributed by atoms with E-state index in [1.54, 1.807) is 41.6 Å². The topological polar surface area (TPSA) is 134 Å². The summed E-state index contributed by atoms with van der Waals surface area (Å²) in [5.41, 5.74) is 3.25. The van der Waals surface area contributed by atoms with Crippen LogP contribution in [0.4, 0.5) is 11.4 Å². The van der Waals surface area contributed by atoms with E-state index in [1.165, 1.54) is 0 Å². The smallest absolute Gasteiger partial charge is 0.371 e. The number of nitrogens with two attached hydrogens (primary N) is 1. The molecular formula is C21H24N8O3S. The van der Waals surface area contributed by atoms with Crippen LogP contribution in [-0.2, 0) is 16.8 Å². The van der Waals surface area contributed by atoms with Crippen LogP contribution in [0.25, 0.3) is 0 Å². The molecule has 1 aliphatic rings. The number of hydrogen-bond acceptors (Lipinski definition) is 9. The molecule has 1 saturated heterocycles. The maximum atomic E-state index is 11.1. The molecule has 11 nitrogen and oxygen atoms in total. The Morgan fingerprint density at radius 2 is 1.76 bits per heavy atom. The lowest BCUT2D eigenvalue weighted by Gasteiger charge is -2.35. The molecule has 0 amide bonds. The normalized spacial score (nSPS) is 14.6. The van der Waals surface area contributed by atoms with E-state index in [0.717, 1.165) is 43.1 Å². The second-order valence-corrected chi connectivity index (χ2v) is 8.88. The van der Waals surface area contributed by atoms with Crippen molar-refractivity contribution >= 4 is 21.7 Å². The number of aromatic nitrogens is 3. The van der Waals surface area contributed by atoms with E-state index >= 15 is 0 Å². The average Bonchev–Trinajstić information content (AvgIpc) is 3.32. The van der Waals surface area contributed by atoms with Crippen molar-refractivity contribution in [3.63, 3.8) is 0 Å². The van der Waals surface area contributed by atoms with Crippen molar-refractivity contribution in [1.29, 1.82) is 5.26 Å². The van der Waals surface area contributed by atoms with E-state index in [1.807, 2.05) is 23.2 Å². The first-order valence-electron chi connectivity index (χ1n) is 10.2. The molecule has 1 fully saturated rings. The zero-order valence-electron chi connectivity index (χ0n) is 18.1. The summed E-state index contributed by atoms with van der Waals surface area (Å²) in [6.07, 6.45) is 3.18. The predicted molar refractivity (Wildman–Crippen MR) is 123 cm³/mol. The molecule has 0 bridgehead atoms. The van der Waals surface area contributed by atoms with Crippen molar-refractivity contribution in [3.8, 4) is 11.8 Å². The molecule has 2 N–H and O–H groups in total. The average molecular weight is 469 g/mol. The molecule has 0 atom stereocenters. The Kier molecular flexibility index (Phi) is 6.45. The summed E-state index contributed by atoms with van der Waals surface area (Å²) in [6.45, 7) is 3.97. The Hall–Kier alpha value is -3.66. The second kappa shape index (κ2) is 9.45. The van der Waals surface area contributed by atoms with Gasteiger partial charge in [0.1, 0.15) is 24.5 Å². The van der Waals surface area contributed by atoms with Gasteiger partial charge in [0.05, 0.1) is 23.5 Å². The fourth-order valence-corrected chi connectivity index (χ4v) is 4.05. The van der Waals surface area contributed by atoms with Crippen molar-refractivity contribution in [2.24, 2.45) is 5.14 Å². The van der Waals surface area contributed by atoms with Crippen LogP contribution in [0.5, 0.6) is 5.75 Å². The molecule has 33 heavy (non-hydrogen) atoms. The Labute approximate surface area is 192 Å². The van der Waals surface area contributed by atoms with E-state index in [-0.39, 0.29) is 5.75 Å². The summed E-state index contributed by atoms with van der Waals surface area (Å²) < 4.78 is 28.7. The van der Waals surface area contributed by atoms with Crippen LogP contribution in [0.3, 0.4) is 0 Å². The molecule has 1 aromatic heterocycles. The van der Waals surface area contributed by atoms with Crippen LogP contribution < -0.4 is 19.2 Å². The minimum Gasteiger partial charge on any atom is -0.371 e. The molecule has 1 aliphatic heterocycles. The van der Waals surface area contributed by atoms with Gasteiger partial charge in [-0.15, -0.1) is 10.2 Å². The Morgan fingerprint density at radius 1 is 1.09 bits per heavy atom. The quantitative estimate of drug-likeness (QED) is 0.538. The fraction of sp³-hybridized carbons (Fsp3) is 0.286. The van der Waals surface area contributed by atoms with Gasteiger partial charge in [-0.3, -0.25) is 5.01 Å². The third-order valence-corrected chi connectivity index (χ3v) is 5.82. The van der Waals surface area contributed by atoms with Crippen LogP contribution >= 0.6 is 0 Å². The van der Waals surface area contributed by atoms with E-state index < -0.39 is 10.3 Å². The van der Waals surface area contributed by atoms with Gasteiger partial charge in [-0.25, -0.2) is 4.68 Å². The summed E-state index contributed by atoms with van der Waals surface area (Å²) in [7, 11) is -1.99. The van der Waals surface area contributed by atoms with Gasteiger partial charge in [0.25, 0.3) is 0 Å². The minimum absolute atomic E-state index is 0.132. The van der Waals surface area contributed by atoms with Crippen LogP contribution in [0, 0.1) is 11.3 Å². The zero-order chi connectivity index (χ0) is 23.4. The van der Waals surface area contributed by atoms with Crippen LogP contribution in [-0.4, -0.2) is 61.4 Å². The SMILES string of the molecule is CN1CCN(c2cc(N(Cc3ccc(OS(N)(=O)=O)cc3)n3cnnc3)ccc2C#N)CC1. The molecule has 3 aromatic rings. The highest BCUT2D eigenvalue weighted by Crippen LogP contribution is 2.29. The minimum atomic E-state index is -4.08. The van der Waals surface area contributed by atoms with E-state index in [2.05, 4.69) is 33.1 Å². The highest BCUT2D eigenvalue weighted by Gasteiger charge is 2.20. The number of nitrogens with zero attached hydrogens (tertiary/aromatic N) is 7. The van der Waals surface area contributed by atoms with Crippen molar-refractivity contribution in [1.82, 2.24) is 19.8 Å². The highest BCUT2D eigenvalue weighted by molar-refractivity contribution is 7.84. The Bertz CT molecular complexity index is 1230. The number of benzene rings is 2. The predicted octanol–water partition coefficient (Wildman–Crippen LogP) is 0.954. The summed E-state index contributed by atoms with van der Waals surface area (Å²) in [5, 5.41) is 24.4. The number of anilines is 2. The van der Waals surface area contributed by atoms with Crippen molar-refractivity contribution in [2.45, 2.75) is 6.54 Å². The van der Waals surface area contributed by atoms with Crippen molar-refractivity contribution in [3.05, 3.63) is 66.2 Å². The van der Waals surface area contributed by atoms with Gasteiger partial charge in [-0.2, -0.15) is 18.8 Å². The number of rotatable bonds is 7. The van der Waals surface area contributed by atoms with Crippen molar-refractivity contribution in [2.75, 3.05) is 43.1 Å². The van der Waals surface area contributed by atoms with Gasteiger partial charge >= 0.3 is 10.3 Å². The van der Waals surface area contributed by atoms with E-state index in [0.29, 0.717) is 12.1 Å². The van der Waals surface area contributed by atoms with Crippen LogP contribution in [0.2, 0.25) is 0 Å². The number of nitriles is 1.